The van der Waals surface area contributed by atoms with E-state index in [-0.39, 0.29) is 11.8 Å². The molecule has 0 fully saturated rings. The molecule has 1 aliphatic heterocycles. The molecule has 0 saturated carbocycles. The van der Waals surface area contributed by atoms with Crippen LogP contribution in [-0.2, 0) is 0 Å². The largest absolute Gasteiger partial charge is 0.486 e. The maximum atomic E-state index is 12.9. The van der Waals surface area contributed by atoms with Crippen LogP contribution in [0, 0.1) is 6.92 Å². The molecule has 2 heterocycles. The van der Waals surface area contributed by atoms with E-state index in [9.17, 15) is 9.59 Å². The van der Waals surface area contributed by atoms with Crippen LogP contribution < -0.4 is 20.1 Å². The van der Waals surface area contributed by atoms with Crippen molar-refractivity contribution in [2.45, 2.75) is 6.92 Å². The minimum absolute atomic E-state index is 0.310. The summed E-state index contributed by atoms with van der Waals surface area (Å²) in [5, 5.41) is 5.69. The summed E-state index contributed by atoms with van der Waals surface area (Å²) in [5.74, 6) is 0.588. The molecule has 2 N–H and O–H groups in total. The highest BCUT2D eigenvalue weighted by Gasteiger charge is 2.18. The first-order chi connectivity index (χ1) is 14.1. The highest BCUT2D eigenvalue weighted by molar-refractivity contribution is 6.13. The minimum atomic E-state index is -0.338. The summed E-state index contributed by atoms with van der Waals surface area (Å²) in [6, 6.07) is 13.7. The van der Waals surface area contributed by atoms with E-state index in [4.69, 9.17) is 9.47 Å². The number of benzene rings is 2. The number of ether oxygens (including phenoxy) is 2. The van der Waals surface area contributed by atoms with Crippen LogP contribution in [0.5, 0.6) is 11.5 Å². The topological polar surface area (TPSA) is 89.5 Å². The molecule has 1 aliphatic rings. The number of aryl methyl sites for hydroxylation is 1. The number of rotatable bonds is 4. The Kier molecular flexibility index (Phi) is 5.11. The van der Waals surface area contributed by atoms with E-state index in [1.54, 1.807) is 54.9 Å². The monoisotopic (exact) mass is 389 g/mol. The van der Waals surface area contributed by atoms with Gasteiger partial charge in [0.25, 0.3) is 11.8 Å². The quantitative estimate of drug-likeness (QED) is 0.711. The van der Waals surface area contributed by atoms with Crippen LogP contribution in [0.15, 0.2) is 60.9 Å². The van der Waals surface area contributed by atoms with Crippen molar-refractivity contribution in [2.75, 3.05) is 23.8 Å². The van der Waals surface area contributed by atoms with Gasteiger partial charge in [-0.25, -0.2) is 0 Å². The van der Waals surface area contributed by atoms with Gasteiger partial charge in [0.15, 0.2) is 11.5 Å². The van der Waals surface area contributed by atoms with Gasteiger partial charge in [0.2, 0.25) is 0 Å². The zero-order valence-corrected chi connectivity index (χ0v) is 15.8. The molecule has 0 bridgehead atoms. The van der Waals surface area contributed by atoms with Gasteiger partial charge in [0.1, 0.15) is 13.2 Å². The number of anilines is 2. The highest BCUT2D eigenvalue weighted by Crippen LogP contribution is 2.33. The van der Waals surface area contributed by atoms with E-state index < -0.39 is 0 Å². The first kappa shape index (κ1) is 18.5. The smallest absolute Gasteiger partial charge is 0.257 e. The number of carbonyl (C=O) groups excluding carboxylic acids is 2. The van der Waals surface area contributed by atoms with Gasteiger partial charge in [-0.2, -0.15) is 0 Å². The summed E-state index contributed by atoms with van der Waals surface area (Å²) in [6.07, 6.45) is 3.09. The summed E-state index contributed by atoms with van der Waals surface area (Å²) >= 11 is 0. The molecular weight excluding hydrogens is 370 g/mol. The molecule has 146 valence electrons. The third-order valence-corrected chi connectivity index (χ3v) is 4.50. The van der Waals surface area contributed by atoms with Gasteiger partial charge >= 0.3 is 0 Å². The van der Waals surface area contributed by atoms with Crippen molar-refractivity contribution in [1.82, 2.24) is 4.98 Å². The van der Waals surface area contributed by atoms with Crippen LogP contribution in [0.3, 0.4) is 0 Å². The Balaban J connectivity index is 1.57. The van der Waals surface area contributed by atoms with E-state index in [2.05, 4.69) is 15.6 Å². The Hall–Kier alpha value is -3.87. The zero-order chi connectivity index (χ0) is 20.2. The summed E-state index contributed by atoms with van der Waals surface area (Å²) in [4.78, 5) is 29.4. The van der Waals surface area contributed by atoms with Crippen molar-refractivity contribution in [3.8, 4) is 11.5 Å². The standard InChI is InChI=1S/C22H19N3O4/c1-14-3-2-4-17(20(14)25-21(26)15-7-9-23-10-8-15)22(27)24-16-5-6-18-19(13-16)29-12-11-28-18/h2-10,13H,11-12H2,1H3,(H,24,27)(H,25,26). The van der Waals surface area contributed by atoms with Crippen molar-refractivity contribution in [1.29, 1.82) is 0 Å². The fraction of sp³-hybridized carbons (Fsp3) is 0.136. The van der Waals surface area contributed by atoms with E-state index in [1.807, 2.05) is 13.0 Å². The van der Waals surface area contributed by atoms with Gasteiger partial charge in [-0.1, -0.05) is 12.1 Å². The summed E-state index contributed by atoms with van der Waals surface area (Å²) in [5.41, 5.74) is 2.64. The molecule has 2 aromatic carbocycles. The van der Waals surface area contributed by atoms with Crippen LogP contribution in [0.4, 0.5) is 11.4 Å². The van der Waals surface area contributed by atoms with Crippen molar-refractivity contribution in [2.24, 2.45) is 0 Å². The maximum Gasteiger partial charge on any atom is 0.257 e. The van der Waals surface area contributed by atoms with Gasteiger partial charge in [0, 0.05) is 29.7 Å². The Morgan fingerprint density at radius 2 is 1.66 bits per heavy atom. The lowest BCUT2D eigenvalue weighted by atomic mass is 10.1. The van der Waals surface area contributed by atoms with E-state index in [1.165, 1.54) is 0 Å². The Bertz CT molecular complexity index is 1070. The van der Waals surface area contributed by atoms with Gasteiger partial charge in [0.05, 0.1) is 11.3 Å². The molecular formula is C22H19N3O4. The predicted molar refractivity (Wildman–Crippen MR) is 109 cm³/mol. The van der Waals surface area contributed by atoms with Crippen LogP contribution in [0.1, 0.15) is 26.3 Å². The van der Waals surface area contributed by atoms with Crippen LogP contribution in [-0.4, -0.2) is 30.0 Å². The van der Waals surface area contributed by atoms with E-state index in [0.717, 1.165) is 5.56 Å². The first-order valence-corrected chi connectivity index (χ1v) is 9.14. The van der Waals surface area contributed by atoms with Crippen LogP contribution in [0.25, 0.3) is 0 Å². The second kappa shape index (κ2) is 8.02. The zero-order valence-electron chi connectivity index (χ0n) is 15.8. The molecule has 1 aromatic heterocycles. The Morgan fingerprint density at radius 1 is 0.897 bits per heavy atom. The molecule has 0 saturated heterocycles. The SMILES string of the molecule is Cc1cccc(C(=O)Nc2ccc3c(c2)OCCO3)c1NC(=O)c1ccncc1. The normalized spacial score (nSPS) is 12.2. The van der Waals surface area contributed by atoms with Gasteiger partial charge in [-0.05, 0) is 42.8 Å². The highest BCUT2D eigenvalue weighted by atomic mass is 16.6. The average Bonchev–Trinajstić information content (AvgIpc) is 2.75. The predicted octanol–water partition coefficient (Wildman–Crippen LogP) is 3.67. The van der Waals surface area contributed by atoms with E-state index in [0.29, 0.717) is 47.2 Å². The van der Waals surface area contributed by atoms with Crippen LogP contribution >= 0.6 is 0 Å². The molecule has 4 rings (SSSR count). The molecule has 29 heavy (non-hydrogen) atoms. The molecule has 0 spiro atoms. The number of fused-ring (bicyclic) bond motifs is 1. The number of pyridine rings is 1. The summed E-state index contributed by atoms with van der Waals surface area (Å²) in [7, 11) is 0. The van der Waals surface area contributed by atoms with Crippen molar-refractivity contribution in [3.63, 3.8) is 0 Å². The van der Waals surface area contributed by atoms with E-state index >= 15 is 0 Å². The lowest BCUT2D eigenvalue weighted by Gasteiger charge is -2.19. The number of hydrogen-bond donors (Lipinski definition) is 2. The number of nitrogens with one attached hydrogen (secondary N) is 2. The molecule has 7 heteroatoms. The number of para-hydroxylation sites is 1. The second-order valence-corrected chi connectivity index (χ2v) is 6.50. The number of hydrogen-bond acceptors (Lipinski definition) is 5. The molecule has 0 atom stereocenters. The third kappa shape index (κ3) is 4.03. The Labute approximate surface area is 167 Å². The van der Waals surface area contributed by atoms with Gasteiger partial charge in [-0.3, -0.25) is 14.6 Å². The molecule has 0 unspecified atom stereocenters. The fourth-order valence-corrected chi connectivity index (χ4v) is 3.03. The fourth-order valence-electron chi connectivity index (χ4n) is 3.03. The maximum absolute atomic E-state index is 12.9. The average molecular weight is 389 g/mol. The van der Waals surface area contributed by atoms with Crippen molar-refractivity contribution < 1.29 is 19.1 Å². The number of aromatic nitrogens is 1. The van der Waals surface area contributed by atoms with Gasteiger partial charge < -0.3 is 20.1 Å². The second-order valence-electron chi connectivity index (χ2n) is 6.50. The minimum Gasteiger partial charge on any atom is -0.486 e. The number of carbonyl (C=O) groups is 2. The Morgan fingerprint density at radius 3 is 2.45 bits per heavy atom. The van der Waals surface area contributed by atoms with Gasteiger partial charge in [-0.15, -0.1) is 0 Å². The lowest BCUT2D eigenvalue weighted by Crippen LogP contribution is -2.19. The van der Waals surface area contributed by atoms with Crippen molar-refractivity contribution in [3.05, 3.63) is 77.6 Å². The molecule has 2 amide bonds. The van der Waals surface area contributed by atoms with Crippen LogP contribution in [0.2, 0.25) is 0 Å². The number of amides is 2. The molecule has 3 aromatic rings. The lowest BCUT2D eigenvalue weighted by molar-refractivity contribution is 0.102. The summed E-state index contributed by atoms with van der Waals surface area (Å²) in [6.45, 7) is 2.80. The molecule has 0 radical (unpaired) electrons. The third-order valence-electron chi connectivity index (χ3n) is 4.50. The van der Waals surface area contributed by atoms with Crippen molar-refractivity contribution >= 4 is 23.2 Å². The molecule has 7 nitrogen and oxygen atoms in total. The summed E-state index contributed by atoms with van der Waals surface area (Å²) < 4.78 is 11.1. The molecule has 0 aliphatic carbocycles. The number of nitrogens with zero attached hydrogens (tertiary/aromatic N) is 1. The first-order valence-electron chi connectivity index (χ1n) is 9.14.